The van der Waals surface area contributed by atoms with Crippen LogP contribution in [0, 0.1) is 0 Å². The maximum absolute atomic E-state index is 12.6. The second kappa shape index (κ2) is 7.71. The first kappa shape index (κ1) is 17.5. The third kappa shape index (κ3) is 4.02. The van der Waals surface area contributed by atoms with Gasteiger partial charge in [-0.3, -0.25) is 9.69 Å². The number of amides is 1. The lowest BCUT2D eigenvalue weighted by Gasteiger charge is -2.43. The number of ether oxygens (including phenoxy) is 1. The summed E-state index contributed by atoms with van der Waals surface area (Å²) >= 11 is 0. The molecule has 0 radical (unpaired) electrons. The van der Waals surface area contributed by atoms with E-state index in [1.807, 2.05) is 12.1 Å². The minimum absolute atomic E-state index is 0.0765. The molecule has 134 valence electrons. The van der Waals surface area contributed by atoms with Crippen molar-refractivity contribution in [1.29, 1.82) is 0 Å². The molecule has 8 heteroatoms. The van der Waals surface area contributed by atoms with Gasteiger partial charge in [0.1, 0.15) is 6.33 Å². The van der Waals surface area contributed by atoms with Gasteiger partial charge in [-0.25, -0.2) is 4.68 Å². The molecule has 0 bridgehead atoms. The lowest BCUT2D eigenvalue weighted by Crippen LogP contribution is -2.56. The largest absolute Gasteiger partial charge is 0.379 e. The third-order valence-electron chi connectivity index (χ3n) is 4.89. The van der Waals surface area contributed by atoms with E-state index in [9.17, 15) is 4.79 Å². The van der Waals surface area contributed by atoms with Crippen LogP contribution < -0.4 is 5.32 Å². The Labute approximate surface area is 147 Å². The van der Waals surface area contributed by atoms with Gasteiger partial charge in [0.25, 0.3) is 5.91 Å². The summed E-state index contributed by atoms with van der Waals surface area (Å²) in [5, 5.41) is 14.2. The van der Waals surface area contributed by atoms with E-state index < -0.39 is 0 Å². The Morgan fingerprint density at radius 3 is 2.84 bits per heavy atom. The van der Waals surface area contributed by atoms with E-state index >= 15 is 0 Å². The van der Waals surface area contributed by atoms with Crippen LogP contribution in [0.2, 0.25) is 0 Å². The highest BCUT2D eigenvalue weighted by atomic mass is 16.5. The Kier molecular flexibility index (Phi) is 5.40. The number of morpholine rings is 1. The van der Waals surface area contributed by atoms with Gasteiger partial charge >= 0.3 is 0 Å². The Morgan fingerprint density at radius 2 is 2.16 bits per heavy atom. The van der Waals surface area contributed by atoms with Crippen LogP contribution in [0.3, 0.4) is 0 Å². The van der Waals surface area contributed by atoms with Crippen LogP contribution in [-0.4, -0.2) is 69.4 Å². The van der Waals surface area contributed by atoms with Gasteiger partial charge in [-0.2, -0.15) is 0 Å². The molecule has 1 aromatic heterocycles. The van der Waals surface area contributed by atoms with E-state index in [1.165, 1.54) is 11.0 Å². The van der Waals surface area contributed by atoms with Gasteiger partial charge < -0.3 is 10.1 Å². The molecular formula is C17H24N6O2. The summed E-state index contributed by atoms with van der Waals surface area (Å²) in [6, 6.07) is 7.26. The van der Waals surface area contributed by atoms with Crippen molar-refractivity contribution in [3.63, 3.8) is 0 Å². The molecule has 2 aromatic rings. The monoisotopic (exact) mass is 344 g/mol. The van der Waals surface area contributed by atoms with E-state index in [4.69, 9.17) is 4.74 Å². The summed E-state index contributed by atoms with van der Waals surface area (Å²) in [6.07, 6.45) is 2.46. The van der Waals surface area contributed by atoms with Crippen molar-refractivity contribution in [2.24, 2.45) is 0 Å². The summed E-state index contributed by atoms with van der Waals surface area (Å²) < 4.78 is 6.96. The maximum atomic E-state index is 12.6. The predicted octanol–water partition coefficient (Wildman–Crippen LogP) is 0.893. The number of hydrogen-bond acceptors (Lipinski definition) is 6. The molecule has 1 amide bonds. The number of aromatic nitrogens is 4. The summed E-state index contributed by atoms with van der Waals surface area (Å²) in [4.78, 5) is 15.0. The average Bonchev–Trinajstić information content (AvgIpc) is 3.21. The van der Waals surface area contributed by atoms with E-state index in [0.29, 0.717) is 12.1 Å². The predicted molar refractivity (Wildman–Crippen MR) is 92.6 cm³/mol. The van der Waals surface area contributed by atoms with Crippen LogP contribution >= 0.6 is 0 Å². The lowest BCUT2D eigenvalue weighted by atomic mass is 9.95. The van der Waals surface area contributed by atoms with Gasteiger partial charge in [-0.15, -0.1) is 5.10 Å². The van der Waals surface area contributed by atoms with Crippen LogP contribution in [0.5, 0.6) is 0 Å². The summed E-state index contributed by atoms with van der Waals surface area (Å²) in [5.41, 5.74) is 1.27. The first-order chi connectivity index (χ1) is 12.1. The summed E-state index contributed by atoms with van der Waals surface area (Å²) in [7, 11) is 0. The minimum Gasteiger partial charge on any atom is -0.379 e. The zero-order valence-corrected chi connectivity index (χ0v) is 14.7. The number of tetrazole rings is 1. The number of rotatable bonds is 6. The van der Waals surface area contributed by atoms with Gasteiger partial charge in [-0.05, 0) is 42.0 Å². The van der Waals surface area contributed by atoms with Gasteiger partial charge in [0, 0.05) is 30.7 Å². The highest BCUT2D eigenvalue weighted by Gasteiger charge is 2.31. The summed E-state index contributed by atoms with van der Waals surface area (Å²) in [5.74, 6) is -0.0946. The molecule has 1 N–H and O–H groups in total. The highest BCUT2D eigenvalue weighted by Crippen LogP contribution is 2.20. The fourth-order valence-electron chi connectivity index (χ4n) is 3.01. The number of benzene rings is 1. The Hall–Kier alpha value is -2.32. The maximum Gasteiger partial charge on any atom is 0.251 e. The second-order valence-electron chi connectivity index (χ2n) is 6.44. The molecule has 0 unspecified atom stereocenters. The lowest BCUT2D eigenvalue weighted by molar-refractivity contribution is -0.0169. The van der Waals surface area contributed by atoms with E-state index in [-0.39, 0.29) is 11.4 Å². The molecule has 1 aliphatic heterocycles. The molecule has 1 aliphatic rings. The number of hydrogen-bond donors (Lipinski definition) is 1. The number of carbonyl (C=O) groups excluding carboxylic acids is 1. The molecule has 1 fully saturated rings. The van der Waals surface area contributed by atoms with Gasteiger partial charge in [0.2, 0.25) is 0 Å². The molecule has 8 nitrogen and oxygen atoms in total. The number of nitrogens with one attached hydrogen (secondary N) is 1. The first-order valence-electron chi connectivity index (χ1n) is 8.57. The number of nitrogens with zero attached hydrogens (tertiary/aromatic N) is 5. The Balaban J connectivity index is 1.66. The third-order valence-corrected chi connectivity index (χ3v) is 4.89. The molecule has 2 heterocycles. The quantitative estimate of drug-likeness (QED) is 0.838. The molecule has 3 rings (SSSR count). The van der Waals surface area contributed by atoms with Crippen molar-refractivity contribution >= 4 is 5.91 Å². The van der Waals surface area contributed by atoms with Crippen molar-refractivity contribution in [2.75, 3.05) is 32.8 Å². The molecule has 1 atom stereocenters. The van der Waals surface area contributed by atoms with Crippen molar-refractivity contribution < 1.29 is 9.53 Å². The van der Waals surface area contributed by atoms with Crippen LogP contribution in [0.1, 0.15) is 30.6 Å². The molecule has 0 spiro atoms. The SMILES string of the molecule is CC[C@@](C)(CNC(=O)c1cccc(-n2cnnn2)c1)N1CCOCC1. The zero-order valence-electron chi connectivity index (χ0n) is 14.7. The topological polar surface area (TPSA) is 85.2 Å². The second-order valence-corrected chi connectivity index (χ2v) is 6.44. The molecule has 25 heavy (non-hydrogen) atoms. The van der Waals surface area contributed by atoms with Crippen molar-refractivity contribution in [1.82, 2.24) is 30.4 Å². The molecule has 0 saturated carbocycles. The standard InChI is InChI=1S/C17H24N6O2/c1-3-17(2,22-7-9-25-10-8-22)12-18-16(24)14-5-4-6-15(11-14)23-13-19-20-21-23/h4-6,11,13H,3,7-10,12H2,1-2H3,(H,18,24)/t17-/m0/s1. The van der Waals surface area contributed by atoms with Crippen LogP contribution in [-0.2, 0) is 4.74 Å². The normalized spacial score (nSPS) is 17.8. The van der Waals surface area contributed by atoms with Crippen LogP contribution in [0.15, 0.2) is 30.6 Å². The summed E-state index contributed by atoms with van der Waals surface area (Å²) in [6.45, 7) is 8.23. The fraction of sp³-hybridized carbons (Fsp3) is 0.529. The number of carbonyl (C=O) groups is 1. The first-order valence-corrected chi connectivity index (χ1v) is 8.57. The van der Waals surface area contributed by atoms with E-state index in [1.54, 1.807) is 12.1 Å². The minimum atomic E-state index is -0.0946. The van der Waals surface area contributed by atoms with Crippen LogP contribution in [0.4, 0.5) is 0 Å². The molecular weight excluding hydrogens is 320 g/mol. The van der Waals surface area contributed by atoms with E-state index in [2.05, 4.69) is 39.6 Å². The smallest absolute Gasteiger partial charge is 0.251 e. The highest BCUT2D eigenvalue weighted by molar-refractivity contribution is 5.94. The Morgan fingerprint density at radius 1 is 1.36 bits per heavy atom. The van der Waals surface area contributed by atoms with Crippen molar-refractivity contribution in [2.45, 2.75) is 25.8 Å². The van der Waals surface area contributed by atoms with Crippen LogP contribution in [0.25, 0.3) is 5.69 Å². The van der Waals surface area contributed by atoms with Gasteiger partial charge in [-0.1, -0.05) is 13.0 Å². The zero-order chi connectivity index (χ0) is 17.7. The fourth-order valence-corrected chi connectivity index (χ4v) is 3.01. The van der Waals surface area contributed by atoms with Crippen molar-refractivity contribution in [3.05, 3.63) is 36.2 Å². The van der Waals surface area contributed by atoms with Crippen molar-refractivity contribution in [3.8, 4) is 5.69 Å². The van der Waals surface area contributed by atoms with Gasteiger partial charge in [0.15, 0.2) is 0 Å². The molecule has 1 saturated heterocycles. The Bertz CT molecular complexity index is 699. The van der Waals surface area contributed by atoms with E-state index in [0.717, 1.165) is 38.4 Å². The molecule has 0 aliphatic carbocycles. The molecule has 1 aromatic carbocycles. The van der Waals surface area contributed by atoms with Gasteiger partial charge in [0.05, 0.1) is 18.9 Å². The average molecular weight is 344 g/mol.